The molecule has 1 aliphatic heterocycles. The van der Waals surface area contributed by atoms with Crippen molar-refractivity contribution in [1.82, 2.24) is 0 Å². The van der Waals surface area contributed by atoms with Crippen LogP contribution in [0.25, 0.3) is 0 Å². The molecular weight excluding hydrogens is 428 g/mol. The topological polar surface area (TPSA) is 137 Å². The van der Waals surface area contributed by atoms with Gasteiger partial charge in [0.15, 0.2) is 6.29 Å². The second-order valence-corrected chi connectivity index (χ2v) is 11.4. The quantitative estimate of drug-likeness (QED) is 0.376. The van der Waals surface area contributed by atoms with Crippen LogP contribution in [0.3, 0.4) is 0 Å². The van der Waals surface area contributed by atoms with E-state index in [0.29, 0.717) is 11.7 Å². The van der Waals surface area contributed by atoms with Gasteiger partial charge in [0.25, 0.3) is 0 Å². The summed E-state index contributed by atoms with van der Waals surface area (Å²) in [6.07, 6.45) is -0.113. The highest BCUT2D eigenvalue weighted by Gasteiger charge is 2.54. The molecule has 0 aromatic carbocycles. The number of hydrogen-bond donors (Lipinski definition) is 5. The fourth-order valence-corrected chi connectivity index (χ4v) is 6.77. The van der Waals surface area contributed by atoms with E-state index in [4.69, 9.17) is 9.47 Å². The van der Waals surface area contributed by atoms with Gasteiger partial charge in [-0.1, -0.05) is 32.4 Å². The summed E-state index contributed by atoms with van der Waals surface area (Å²) in [4.78, 5) is 12.9. The van der Waals surface area contributed by atoms with Gasteiger partial charge in [-0.3, -0.25) is 4.79 Å². The summed E-state index contributed by atoms with van der Waals surface area (Å²) in [5.41, 5.74) is 0.898. The molecular formula is C25H40O8. The number of rotatable bonds is 5. The molecule has 11 atom stereocenters. The molecule has 1 saturated heterocycles. The zero-order valence-electron chi connectivity index (χ0n) is 19.9. The van der Waals surface area contributed by atoms with Gasteiger partial charge in [-0.15, -0.1) is 0 Å². The number of hydrogen-bond acceptors (Lipinski definition) is 8. The second kappa shape index (κ2) is 9.30. The predicted molar refractivity (Wildman–Crippen MR) is 119 cm³/mol. The maximum atomic E-state index is 12.9. The largest absolute Gasteiger partial charge is 0.394 e. The highest BCUT2D eigenvalue weighted by molar-refractivity contribution is 5.85. The van der Waals surface area contributed by atoms with Crippen LogP contribution in [-0.4, -0.2) is 81.3 Å². The van der Waals surface area contributed by atoms with Crippen LogP contribution in [0.1, 0.15) is 59.3 Å². The fourth-order valence-electron chi connectivity index (χ4n) is 6.77. The highest BCUT2D eigenvalue weighted by atomic mass is 16.7. The van der Waals surface area contributed by atoms with E-state index in [-0.39, 0.29) is 23.9 Å². The van der Waals surface area contributed by atoms with Gasteiger partial charge >= 0.3 is 0 Å². The van der Waals surface area contributed by atoms with Crippen LogP contribution in [0.5, 0.6) is 0 Å². The van der Waals surface area contributed by atoms with Crippen LogP contribution in [0.2, 0.25) is 0 Å². The molecule has 0 spiro atoms. The van der Waals surface area contributed by atoms with Crippen molar-refractivity contribution in [3.63, 3.8) is 0 Å². The van der Waals surface area contributed by atoms with Gasteiger partial charge in [-0.25, -0.2) is 0 Å². The zero-order chi connectivity index (χ0) is 24.1. The number of aliphatic hydroxyl groups is 5. The molecule has 8 nitrogen and oxygen atoms in total. The van der Waals surface area contributed by atoms with Gasteiger partial charge in [-0.2, -0.15) is 0 Å². The molecule has 188 valence electrons. The van der Waals surface area contributed by atoms with Crippen molar-refractivity contribution in [1.29, 1.82) is 0 Å². The van der Waals surface area contributed by atoms with E-state index in [1.807, 2.05) is 13.8 Å². The minimum Gasteiger partial charge on any atom is -0.394 e. The normalized spacial score (nSPS) is 49.1. The summed E-state index contributed by atoms with van der Waals surface area (Å²) in [5.74, 6) is 1.01. The van der Waals surface area contributed by atoms with E-state index in [1.54, 1.807) is 0 Å². The molecule has 3 fully saturated rings. The molecule has 0 aromatic rings. The van der Waals surface area contributed by atoms with Gasteiger partial charge in [0, 0.05) is 11.8 Å². The zero-order valence-corrected chi connectivity index (χ0v) is 19.9. The maximum absolute atomic E-state index is 12.9. The molecule has 4 rings (SSSR count). The minimum absolute atomic E-state index is 0.00716. The molecule has 0 radical (unpaired) electrons. The number of carbonyl (C=O) groups excluding carboxylic acids is 1. The Kier molecular flexibility index (Phi) is 7.11. The second-order valence-electron chi connectivity index (χ2n) is 11.4. The standard InChI is InChI=1S/C25H40O8/c1-13-6-9-25(3)15-7-8-24(2,10-14(15)4-5-16(25)19(13)28)18(27)12-32-23-22(31)21(30)20(29)17(11-26)33-23/h4,13,15-18,20-23,26-27,29-31H,5-12H2,1-3H3/t13-,15+,16+,17-,18-,20-,21+,22+,23+,24+,25-/m1/s1. The first-order chi connectivity index (χ1) is 15.5. The summed E-state index contributed by atoms with van der Waals surface area (Å²) < 4.78 is 11.0. The molecule has 0 bridgehead atoms. The van der Waals surface area contributed by atoms with Gasteiger partial charge < -0.3 is 35.0 Å². The molecule has 0 amide bonds. The first-order valence-corrected chi connectivity index (χ1v) is 12.3. The van der Waals surface area contributed by atoms with Gasteiger partial charge in [0.1, 0.15) is 30.2 Å². The Morgan fingerprint density at radius 2 is 1.85 bits per heavy atom. The monoisotopic (exact) mass is 468 g/mol. The number of allylic oxidation sites excluding steroid dienone is 2. The minimum atomic E-state index is -1.51. The van der Waals surface area contributed by atoms with Crippen molar-refractivity contribution < 1.29 is 39.8 Å². The molecule has 5 N–H and O–H groups in total. The Morgan fingerprint density at radius 3 is 2.55 bits per heavy atom. The number of fused-ring (bicyclic) bond motifs is 3. The van der Waals surface area contributed by atoms with E-state index >= 15 is 0 Å². The molecule has 8 heteroatoms. The van der Waals surface area contributed by atoms with Gasteiger partial charge in [0.2, 0.25) is 0 Å². The van der Waals surface area contributed by atoms with E-state index in [1.165, 1.54) is 5.57 Å². The van der Waals surface area contributed by atoms with E-state index < -0.39 is 48.8 Å². The van der Waals surface area contributed by atoms with E-state index in [2.05, 4.69) is 13.0 Å². The first kappa shape index (κ1) is 25.2. The predicted octanol–water partition coefficient (Wildman–Crippen LogP) is 0.922. The van der Waals surface area contributed by atoms with Crippen molar-refractivity contribution in [2.24, 2.45) is 28.6 Å². The average Bonchev–Trinajstić information content (AvgIpc) is 2.79. The summed E-state index contributed by atoms with van der Waals surface area (Å²) in [5, 5.41) is 50.4. The third-order valence-corrected chi connectivity index (χ3v) is 9.28. The SMILES string of the molecule is C[C@@H]1CC[C@@]2(C)[C@@H](CC=C3C[C@@](C)([C@H](O)CO[C@H]4O[C@H](CO)[C@@H](O)[C@H](O)[C@@H]4O)CC[C@@H]32)C1=O. The van der Waals surface area contributed by atoms with E-state index in [0.717, 1.165) is 38.5 Å². The van der Waals surface area contributed by atoms with Crippen molar-refractivity contribution >= 4 is 5.78 Å². The molecule has 3 aliphatic carbocycles. The van der Waals surface area contributed by atoms with Crippen molar-refractivity contribution in [2.75, 3.05) is 13.2 Å². The lowest BCUT2D eigenvalue weighted by molar-refractivity contribution is -0.306. The number of Topliss-reactive ketones (excluding diaryl/α,β-unsaturated/α-hetero) is 1. The molecule has 0 aromatic heterocycles. The van der Waals surface area contributed by atoms with Crippen LogP contribution in [-0.2, 0) is 14.3 Å². The summed E-state index contributed by atoms with van der Waals surface area (Å²) in [6, 6.07) is 0. The van der Waals surface area contributed by atoms with Crippen molar-refractivity contribution in [2.45, 2.75) is 96.1 Å². The molecule has 33 heavy (non-hydrogen) atoms. The van der Waals surface area contributed by atoms with Gasteiger partial charge in [0.05, 0.1) is 19.3 Å². The van der Waals surface area contributed by atoms with Crippen LogP contribution < -0.4 is 0 Å². The number of aliphatic hydroxyl groups excluding tert-OH is 5. The Balaban J connectivity index is 1.41. The summed E-state index contributed by atoms with van der Waals surface area (Å²) in [6.45, 7) is 5.73. The highest BCUT2D eigenvalue weighted by Crippen LogP contribution is 2.59. The fraction of sp³-hybridized carbons (Fsp3) is 0.880. The lowest BCUT2D eigenvalue weighted by Crippen LogP contribution is -2.59. The van der Waals surface area contributed by atoms with Gasteiger partial charge in [-0.05, 0) is 55.3 Å². The Bertz CT molecular complexity index is 768. The average molecular weight is 469 g/mol. The smallest absolute Gasteiger partial charge is 0.186 e. The van der Waals surface area contributed by atoms with Crippen LogP contribution in [0.15, 0.2) is 11.6 Å². The van der Waals surface area contributed by atoms with Crippen LogP contribution in [0, 0.1) is 28.6 Å². The van der Waals surface area contributed by atoms with E-state index in [9.17, 15) is 30.3 Å². The summed E-state index contributed by atoms with van der Waals surface area (Å²) >= 11 is 0. The van der Waals surface area contributed by atoms with Crippen LogP contribution >= 0.6 is 0 Å². The summed E-state index contributed by atoms with van der Waals surface area (Å²) in [7, 11) is 0. The molecule has 1 heterocycles. The van der Waals surface area contributed by atoms with Crippen LogP contribution in [0.4, 0.5) is 0 Å². The lowest BCUT2D eigenvalue weighted by atomic mass is 9.49. The number of ether oxygens (including phenoxy) is 2. The Labute approximate surface area is 195 Å². The maximum Gasteiger partial charge on any atom is 0.186 e. The Hall–Kier alpha value is -0.870. The van der Waals surface area contributed by atoms with Crippen molar-refractivity contribution in [3.05, 3.63) is 11.6 Å². The number of carbonyl (C=O) groups is 1. The Morgan fingerprint density at radius 1 is 1.12 bits per heavy atom. The molecule has 2 saturated carbocycles. The first-order valence-electron chi connectivity index (χ1n) is 12.3. The number of ketones is 1. The lowest BCUT2D eigenvalue weighted by Gasteiger charge is -2.55. The third kappa shape index (κ3) is 4.33. The van der Waals surface area contributed by atoms with Crippen molar-refractivity contribution in [3.8, 4) is 0 Å². The molecule has 4 aliphatic rings. The third-order valence-electron chi connectivity index (χ3n) is 9.28. The molecule has 0 unspecified atom stereocenters.